The van der Waals surface area contributed by atoms with Crippen molar-refractivity contribution in [3.63, 3.8) is 0 Å². The van der Waals surface area contributed by atoms with E-state index in [1.807, 2.05) is 0 Å². The summed E-state index contributed by atoms with van der Waals surface area (Å²) in [5.41, 5.74) is 0. The van der Waals surface area contributed by atoms with Crippen LogP contribution in [0.25, 0.3) is 0 Å². The molecule has 2 N–H and O–H groups in total. The average Bonchev–Trinajstić information content (AvgIpc) is 2.85. The van der Waals surface area contributed by atoms with E-state index >= 15 is 0 Å². The third kappa shape index (κ3) is 7.39. The zero-order valence-corrected chi connectivity index (χ0v) is 22.3. The lowest BCUT2D eigenvalue weighted by Crippen LogP contribution is -2.75. The summed E-state index contributed by atoms with van der Waals surface area (Å²) in [6.07, 6.45) is -9.00. The number of nitrogens with zero attached hydrogens (tertiary/aromatic N) is 1. The van der Waals surface area contributed by atoms with Crippen LogP contribution >= 0.6 is 0 Å². The van der Waals surface area contributed by atoms with Gasteiger partial charge in [-0.25, -0.2) is 8.42 Å². The maximum Gasteiger partial charge on any atom is 0.460 e. The van der Waals surface area contributed by atoms with Gasteiger partial charge >= 0.3 is 47.0 Å². The van der Waals surface area contributed by atoms with E-state index in [1.54, 1.807) is 0 Å². The van der Waals surface area contributed by atoms with E-state index in [0.29, 0.717) is 0 Å². The minimum Gasteiger partial charge on any atom is -0.396 e. The van der Waals surface area contributed by atoms with Crippen LogP contribution in [0.5, 0.6) is 0 Å². The molecule has 0 radical (unpaired) electrons. The second-order valence-electron chi connectivity index (χ2n) is 9.14. The molecular formula is C20H26F17NO4S. The number of hydrogen-bond donors (Lipinski definition) is 2. The average molecular weight is 699 g/mol. The third-order valence-corrected chi connectivity index (χ3v) is 7.94. The van der Waals surface area contributed by atoms with Crippen molar-refractivity contribution in [1.82, 2.24) is 4.31 Å². The van der Waals surface area contributed by atoms with E-state index in [2.05, 4.69) is 0 Å². The first-order valence-electron chi connectivity index (χ1n) is 11.9. The second kappa shape index (κ2) is 14.0. The molecule has 0 unspecified atom stereocenters. The molecule has 0 bridgehead atoms. The standard InChI is InChI=1S/C20H26F17NO4S/c21-13(22,15(25,26)17(29,30)19(33,34)35)14(23,24)16(27,28)18(31,32)20(36,37)43(41,42)38(9-5-1-3-7-11-39)10-6-2-4-8-12-40/h39-40H,1-12H2. The van der Waals surface area contributed by atoms with Gasteiger partial charge in [-0.2, -0.15) is 78.9 Å². The lowest BCUT2D eigenvalue weighted by Gasteiger charge is -2.43. The van der Waals surface area contributed by atoms with Crippen LogP contribution in [0.2, 0.25) is 0 Å². The van der Waals surface area contributed by atoms with Crippen LogP contribution in [0.3, 0.4) is 0 Å². The molecule has 0 rings (SSSR count). The first kappa shape index (κ1) is 41.6. The maximum atomic E-state index is 14.6. The summed E-state index contributed by atoms with van der Waals surface area (Å²) in [5, 5.41) is 9.79. The third-order valence-electron chi connectivity index (χ3n) is 5.99. The molecule has 5 nitrogen and oxygen atoms in total. The van der Waals surface area contributed by atoms with Crippen LogP contribution in [0.4, 0.5) is 74.6 Å². The first-order valence-corrected chi connectivity index (χ1v) is 13.4. The van der Waals surface area contributed by atoms with E-state index in [-0.39, 0.29) is 38.5 Å². The largest absolute Gasteiger partial charge is 0.460 e. The van der Waals surface area contributed by atoms with Crippen LogP contribution in [0, 0.1) is 0 Å². The molecule has 0 aliphatic rings. The smallest absolute Gasteiger partial charge is 0.396 e. The molecule has 0 spiro atoms. The maximum absolute atomic E-state index is 14.6. The molecule has 0 aromatic heterocycles. The number of aliphatic hydroxyl groups excluding tert-OH is 2. The van der Waals surface area contributed by atoms with Gasteiger partial charge in [0, 0.05) is 26.3 Å². The van der Waals surface area contributed by atoms with Gasteiger partial charge in [-0.3, -0.25) is 0 Å². The minimum absolute atomic E-state index is 0.0513. The summed E-state index contributed by atoms with van der Waals surface area (Å²) >= 11 is 0. The first-order chi connectivity index (χ1) is 19.0. The quantitative estimate of drug-likeness (QED) is 0.110. The van der Waals surface area contributed by atoms with Crippen LogP contribution in [-0.2, 0) is 10.0 Å². The van der Waals surface area contributed by atoms with E-state index in [9.17, 15) is 83.1 Å². The van der Waals surface area contributed by atoms with Gasteiger partial charge in [-0.1, -0.05) is 25.7 Å². The van der Waals surface area contributed by atoms with Crippen molar-refractivity contribution in [3.8, 4) is 0 Å². The predicted octanol–water partition coefficient (Wildman–Crippen LogP) is 6.69. The molecule has 0 aromatic rings. The molecule has 0 aromatic carbocycles. The van der Waals surface area contributed by atoms with Crippen LogP contribution in [-0.4, -0.2) is 96.2 Å². The Kier molecular flexibility index (Phi) is 13.5. The fraction of sp³-hybridized carbons (Fsp3) is 1.00. The number of alkyl halides is 17. The molecule has 0 amide bonds. The number of unbranched alkanes of at least 4 members (excludes halogenated alkanes) is 6. The van der Waals surface area contributed by atoms with Gasteiger partial charge in [-0.05, 0) is 25.7 Å². The zero-order valence-electron chi connectivity index (χ0n) is 21.5. The molecule has 0 atom stereocenters. The number of sulfonamides is 1. The van der Waals surface area contributed by atoms with Crippen LogP contribution in [0.15, 0.2) is 0 Å². The molecule has 0 heterocycles. The Morgan fingerprint density at radius 3 is 1.00 bits per heavy atom. The highest BCUT2D eigenvalue weighted by Crippen LogP contribution is 2.64. The van der Waals surface area contributed by atoms with Gasteiger partial charge in [0.05, 0.1) is 0 Å². The minimum atomic E-state index is -8.87. The Morgan fingerprint density at radius 1 is 0.419 bits per heavy atom. The van der Waals surface area contributed by atoms with E-state index in [1.165, 1.54) is 0 Å². The number of halogens is 17. The molecule has 23 heteroatoms. The monoisotopic (exact) mass is 699 g/mol. The van der Waals surface area contributed by atoms with Crippen LogP contribution < -0.4 is 0 Å². The Labute approximate surface area is 233 Å². The molecule has 0 saturated carbocycles. The number of rotatable bonds is 20. The van der Waals surface area contributed by atoms with Crippen molar-refractivity contribution in [3.05, 3.63) is 0 Å². The Balaban J connectivity index is 6.75. The molecular weight excluding hydrogens is 673 g/mol. The van der Waals surface area contributed by atoms with Crippen LogP contribution in [0.1, 0.15) is 51.4 Å². The summed E-state index contributed by atoms with van der Waals surface area (Å²) in [6.45, 7) is -3.29. The fourth-order valence-corrected chi connectivity index (χ4v) is 4.85. The summed E-state index contributed by atoms with van der Waals surface area (Å²) in [4.78, 5) is 0. The van der Waals surface area contributed by atoms with Gasteiger partial charge in [0.15, 0.2) is 0 Å². The van der Waals surface area contributed by atoms with E-state index in [4.69, 9.17) is 10.2 Å². The summed E-state index contributed by atoms with van der Waals surface area (Å²) < 4.78 is 255. The van der Waals surface area contributed by atoms with Crippen molar-refractivity contribution in [2.45, 2.75) is 98.3 Å². The van der Waals surface area contributed by atoms with Gasteiger partial charge in [0.1, 0.15) is 0 Å². The van der Waals surface area contributed by atoms with Gasteiger partial charge in [0.2, 0.25) is 0 Å². The fourth-order valence-electron chi connectivity index (χ4n) is 3.33. The summed E-state index contributed by atoms with van der Waals surface area (Å²) in [6, 6.07) is 0. The highest BCUT2D eigenvalue weighted by atomic mass is 32.2. The predicted molar refractivity (Wildman–Crippen MR) is 112 cm³/mol. The van der Waals surface area contributed by atoms with Crippen molar-refractivity contribution in [2.75, 3.05) is 26.3 Å². The van der Waals surface area contributed by atoms with Crippen molar-refractivity contribution in [1.29, 1.82) is 0 Å². The lowest BCUT2D eigenvalue weighted by molar-refractivity contribution is -0.458. The van der Waals surface area contributed by atoms with Gasteiger partial charge in [0.25, 0.3) is 10.0 Å². The second-order valence-corrected chi connectivity index (χ2v) is 11.1. The molecule has 260 valence electrons. The molecule has 0 aliphatic heterocycles. The highest BCUT2D eigenvalue weighted by molar-refractivity contribution is 7.90. The number of hydrogen-bond acceptors (Lipinski definition) is 4. The highest BCUT2D eigenvalue weighted by Gasteiger charge is 2.96. The molecule has 0 aliphatic carbocycles. The lowest BCUT2D eigenvalue weighted by atomic mass is 9.91. The topological polar surface area (TPSA) is 77.8 Å². The van der Waals surface area contributed by atoms with E-state index < -0.39 is 100 Å². The number of aliphatic hydroxyl groups is 2. The normalized spacial score (nSPS) is 15.4. The SMILES string of the molecule is O=S(=O)(N(CCCCCCO)CCCCCCO)C(F)(F)C(F)(F)C(F)(F)C(F)(F)C(F)(F)C(F)(F)C(F)(F)C(F)(F)F. The Morgan fingerprint density at radius 2 is 0.698 bits per heavy atom. The van der Waals surface area contributed by atoms with Crippen molar-refractivity contribution >= 4 is 10.0 Å². The zero-order chi connectivity index (χ0) is 34.6. The van der Waals surface area contributed by atoms with Gasteiger partial charge < -0.3 is 10.2 Å². The Hall–Kier alpha value is -1.36. The van der Waals surface area contributed by atoms with E-state index in [0.717, 1.165) is 0 Å². The van der Waals surface area contributed by atoms with Crippen molar-refractivity contribution in [2.24, 2.45) is 0 Å². The molecule has 0 fully saturated rings. The van der Waals surface area contributed by atoms with Gasteiger partial charge in [-0.15, -0.1) is 0 Å². The molecule has 43 heavy (non-hydrogen) atoms. The van der Waals surface area contributed by atoms with Crippen molar-refractivity contribution < 1.29 is 93.3 Å². The molecule has 0 saturated heterocycles. The summed E-state index contributed by atoms with van der Waals surface area (Å²) in [5.74, 6) is -51.8. The summed E-state index contributed by atoms with van der Waals surface area (Å²) in [7, 11) is -7.34. The Bertz CT molecular complexity index is 972.